The summed E-state index contributed by atoms with van der Waals surface area (Å²) in [6.07, 6.45) is 4.63. The third-order valence-corrected chi connectivity index (χ3v) is 13.5. The summed E-state index contributed by atoms with van der Waals surface area (Å²) in [5.74, 6) is 0.710. The van der Waals surface area contributed by atoms with E-state index in [-0.39, 0.29) is 49.2 Å². The molecular formula is C45H47ClFN9O4S. The Morgan fingerprint density at radius 2 is 1.97 bits per heavy atom. The van der Waals surface area contributed by atoms with Gasteiger partial charge in [-0.2, -0.15) is 15.2 Å². The Hall–Kier alpha value is -5.40. The number of carbonyl (C=O) groups is 1. The molecule has 3 aliphatic heterocycles. The van der Waals surface area contributed by atoms with E-state index in [1.54, 1.807) is 23.2 Å². The number of rotatable bonds is 13. The SMILES string of the molecule is CO[C@@H](C)COc1nc(N2CC3CC2CN3)c2cc(Cl)c(-c3ccc(F)c4scc(C#N)c34)c(OCc3ccc(-c4cn(C(C(=O)N5CCCC5C)C(C)C)nn4)cc3)c2n1. The number of amides is 1. The average Bonchev–Trinajstić information content (AvgIpc) is 4.12. The quantitative estimate of drug-likeness (QED) is 0.120. The molecule has 61 heavy (non-hydrogen) atoms. The fourth-order valence-electron chi connectivity index (χ4n) is 8.94. The van der Waals surface area contributed by atoms with Gasteiger partial charge in [-0.25, -0.2) is 9.07 Å². The van der Waals surface area contributed by atoms with Gasteiger partial charge in [-0.05, 0) is 62.3 Å². The Balaban J connectivity index is 1.10. The van der Waals surface area contributed by atoms with Crippen molar-refractivity contribution in [2.24, 2.45) is 5.92 Å². The lowest BCUT2D eigenvalue weighted by molar-refractivity contribution is -0.137. The summed E-state index contributed by atoms with van der Waals surface area (Å²) >= 11 is 8.48. The Bertz CT molecular complexity index is 2670. The number of aromatic nitrogens is 5. The normalized spacial score (nSPS) is 19.6. The average molecular weight is 864 g/mol. The maximum absolute atomic E-state index is 15.3. The predicted molar refractivity (Wildman–Crippen MR) is 234 cm³/mol. The molecule has 3 aliphatic rings. The van der Waals surface area contributed by atoms with Crippen molar-refractivity contribution in [2.75, 3.05) is 38.3 Å². The Morgan fingerprint density at radius 1 is 1.15 bits per heavy atom. The number of methoxy groups -OCH3 is 1. The molecule has 2 bridgehead atoms. The van der Waals surface area contributed by atoms with Crippen molar-refractivity contribution in [1.82, 2.24) is 35.2 Å². The number of nitriles is 1. The van der Waals surface area contributed by atoms with E-state index in [1.807, 2.05) is 62.2 Å². The van der Waals surface area contributed by atoms with Gasteiger partial charge in [0.25, 0.3) is 0 Å². The van der Waals surface area contributed by atoms with Crippen LogP contribution in [0.25, 0.3) is 43.4 Å². The van der Waals surface area contributed by atoms with Crippen LogP contribution in [0.4, 0.5) is 10.2 Å². The first-order valence-corrected chi connectivity index (χ1v) is 22.0. The first-order valence-electron chi connectivity index (χ1n) is 20.8. The van der Waals surface area contributed by atoms with E-state index in [1.165, 1.54) is 17.4 Å². The molecule has 0 radical (unpaired) electrons. The number of halogens is 2. The fraction of sp³-hybridized carbons (Fsp3) is 0.422. The summed E-state index contributed by atoms with van der Waals surface area (Å²) < 4.78 is 35.8. The maximum atomic E-state index is 15.3. The lowest BCUT2D eigenvalue weighted by atomic mass is 9.96. The molecule has 9 rings (SSSR count). The number of hydrogen-bond acceptors (Lipinski definition) is 12. The Labute approximate surface area is 362 Å². The van der Waals surface area contributed by atoms with Gasteiger partial charge in [0.2, 0.25) is 5.91 Å². The van der Waals surface area contributed by atoms with Crippen LogP contribution < -0.4 is 19.7 Å². The number of hydrogen-bond donors (Lipinski definition) is 1. The van der Waals surface area contributed by atoms with Gasteiger partial charge in [-0.1, -0.05) is 61.0 Å². The zero-order valence-corrected chi connectivity index (χ0v) is 36.3. The van der Waals surface area contributed by atoms with E-state index in [4.69, 9.17) is 35.8 Å². The number of likely N-dealkylation sites (tertiary alicyclic amines) is 1. The van der Waals surface area contributed by atoms with Crippen LogP contribution >= 0.6 is 22.9 Å². The molecular weight excluding hydrogens is 817 g/mol. The standard InChI is InChI=1S/C45H47ClFN9O4S/c1-24(2)40(44(57)54-14-6-7-25(54)3)56-20-36(52-53-56)28-10-8-27(9-11-28)22-59-41-38(32-12-13-35(47)42-37(32)29(17-48)23-61-42)34(46)16-33-39(41)50-45(60-21-26(4)58-5)51-43(33)55-19-30-15-31(55)18-49-30/h8-13,16,20,23-26,30-31,40,49H,6-7,14-15,18-19,21-22H2,1-5H3/t25?,26-,30?,31?,40?/m0/s1. The van der Waals surface area contributed by atoms with E-state index in [0.29, 0.717) is 66.0 Å². The molecule has 0 saturated carbocycles. The van der Waals surface area contributed by atoms with E-state index in [2.05, 4.69) is 33.5 Å². The minimum atomic E-state index is -0.451. The monoisotopic (exact) mass is 863 g/mol. The topological polar surface area (TPSA) is 144 Å². The van der Waals surface area contributed by atoms with Gasteiger partial charge in [-0.3, -0.25) is 4.79 Å². The van der Waals surface area contributed by atoms with Gasteiger partial charge in [0.1, 0.15) is 48.2 Å². The molecule has 6 heterocycles. The first kappa shape index (κ1) is 41.0. The highest BCUT2D eigenvalue weighted by Crippen LogP contribution is 2.49. The number of carbonyl (C=O) groups excluding carboxylic acids is 1. The van der Waals surface area contributed by atoms with Crippen molar-refractivity contribution >= 4 is 55.7 Å². The highest BCUT2D eigenvalue weighted by Gasteiger charge is 2.40. The van der Waals surface area contributed by atoms with Crippen molar-refractivity contribution < 1.29 is 23.4 Å². The number of piperazine rings is 1. The Morgan fingerprint density at radius 3 is 2.66 bits per heavy atom. The van der Waals surface area contributed by atoms with Crippen LogP contribution in [0.2, 0.25) is 5.02 Å². The number of benzene rings is 3. The van der Waals surface area contributed by atoms with E-state index in [0.717, 1.165) is 50.0 Å². The highest BCUT2D eigenvalue weighted by molar-refractivity contribution is 7.17. The van der Waals surface area contributed by atoms with Gasteiger partial charge < -0.3 is 29.3 Å². The second kappa shape index (κ2) is 16.8. The van der Waals surface area contributed by atoms with Crippen LogP contribution in [0.1, 0.15) is 64.1 Å². The van der Waals surface area contributed by atoms with Crippen molar-refractivity contribution in [3.63, 3.8) is 0 Å². The second-order valence-corrected chi connectivity index (χ2v) is 17.9. The molecule has 6 aromatic rings. The molecule has 3 aromatic carbocycles. The number of anilines is 1. The van der Waals surface area contributed by atoms with Crippen LogP contribution in [-0.4, -0.2) is 93.3 Å². The van der Waals surface area contributed by atoms with Gasteiger partial charge in [0.05, 0.1) is 27.6 Å². The van der Waals surface area contributed by atoms with Gasteiger partial charge in [0, 0.05) is 72.1 Å². The number of nitrogens with zero attached hydrogens (tertiary/aromatic N) is 8. The summed E-state index contributed by atoms with van der Waals surface area (Å²) in [6.45, 7) is 10.7. The largest absolute Gasteiger partial charge is 0.486 e. The summed E-state index contributed by atoms with van der Waals surface area (Å²) in [7, 11) is 1.62. The predicted octanol–water partition coefficient (Wildman–Crippen LogP) is 8.19. The second-order valence-electron chi connectivity index (χ2n) is 16.6. The summed E-state index contributed by atoms with van der Waals surface area (Å²) in [6, 6.07) is 15.4. The molecule has 1 N–H and O–H groups in total. The van der Waals surface area contributed by atoms with Gasteiger partial charge in [-0.15, -0.1) is 16.4 Å². The number of fused-ring (bicyclic) bond motifs is 4. The minimum absolute atomic E-state index is 0.0273. The summed E-state index contributed by atoms with van der Waals surface area (Å²) in [5.41, 5.74) is 4.16. The molecule has 0 aliphatic carbocycles. The lowest BCUT2D eigenvalue weighted by Gasteiger charge is -2.30. The van der Waals surface area contributed by atoms with Crippen LogP contribution in [0.15, 0.2) is 54.0 Å². The molecule has 16 heteroatoms. The minimum Gasteiger partial charge on any atom is -0.486 e. The van der Waals surface area contributed by atoms with E-state index >= 15 is 4.39 Å². The van der Waals surface area contributed by atoms with Crippen molar-refractivity contribution in [3.8, 4) is 40.2 Å². The lowest BCUT2D eigenvalue weighted by Crippen LogP contribution is -2.44. The van der Waals surface area contributed by atoms with Crippen molar-refractivity contribution in [2.45, 2.75) is 83.8 Å². The van der Waals surface area contributed by atoms with Crippen LogP contribution in [0.3, 0.4) is 0 Å². The zero-order chi connectivity index (χ0) is 42.5. The molecule has 5 atom stereocenters. The van der Waals surface area contributed by atoms with Crippen LogP contribution in [0, 0.1) is 23.1 Å². The van der Waals surface area contributed by atoms with E-state index < -0.39 is 11.9 Å². The Kier molecular flexibility index (Phi) is 11.3. The van der Waals surface area contributed by atoms with Crippen molar-refractivity contribution in [1.29, 1.82) is 5.26 Å². The van der Waals surface area contributed by atoms with Crippen LogP contribution in [0.5, 0.6) is 11.8 Å². The molecule has 4 unspecified atom stereocenters. The maximum Gasteiger partial charge on any atom is 0.319 e. The number of nitrogens with one attached hydrogen (secondary N) is 1. The van der Waals surface area contributed by atoms with Crippen LogP contribution in [-0.2, 0) is 16.1 Å². The molecule has 316 valence electrons. The molecule has 3 saturated heterocycles. The molecule has 3 aromatic heterocycles. The first-order chi connectivity index (χ1) is 29.5. The molecule has 13 nitrogen and oxygen atoms in total. The van der Waals surface area contributed by atoms with E-state index in [9.17, 15) is 10.1 Å². The molecule has 3 fully saturated rings. The zero-order valence-electron chi connectivity index (χ0n) is 34.7. The number of thiophene rings is 1. The van der Waals surface area contributed by atoms with Crippen molar-refractivity contribution in [3.05, 3.63) is 76.0 Å². The fourth-order valence-corrected chi connectivity index (χ4v) is 10.2. The smallest absolute Gasteiger partial charge is 0.319 e. The van der Waals surface area contributed by atoms with Gasteiger partial charge >= 0.3 is 6.01 Å². The summed E-state index contributed by atoms with van der Waals surface area (Å²) in [4.78, 5) is 27.8. The van der Waals surface area contributed by atoms with Gasteiger partial charge in [0.15, 0.2) is 5.75 Å². The third-order valence-electron chi connectivity index (χ3n) is 12.2. The molecule has 1 amide bonds. The summed E-state index contributed by atoms with van der Waals surface area (Å²) in [5, 5.41) is 25.7. The number of ether oxygens (including phenoxy) is 3. The third kappa shape index (κ3) is 7.64. The highest BCUT2D eigenvalue weighted by atomic mass is 35.5. The molecule has 0 spiro atoms.